The van der Waals surface area contributed by atoms with Crippen LogP contribution >= 0.6 is 0 Å². The van der Waals surface area contributed by atoms with Crippen LogP contribution < -0.4 is 10.2 Å². The van der Waals surface area contributed by atoms with Crippen LogP contribution in [0.5, 0.6) is 0 Å². The third kappa shape index (κ3) is 3.05. The van der Waals surface area contributed by atoms with E-state index in [1.54, 1.807) is 6.07 Å². The van der Waals surface area contributed by atoms with E-state index in [2.05, 4.69) is 15.2 Å². The van der Waals surface area contributed by atoms with Crippen molar-refractivity contribution in [3.63, 3.8) is 0 Å². The van der Waals surface area contributed by atoms with Crippen molar-refractivity contribution in [1.82, 2.24) is 10.3 Å². The lowest BCUT2D eigenvalue weighted by Crippen LogP contribution is -2.23. The number of nitrogens with zero attached hydrogens (tertiary/aromatic N) is 2. The number of carbonyl (C=O) groups is 1. The van der Waals surface area contributed by atoms with Gasteiger partial charge >= 0.3 is 5.97 Å². The second kappa shape index (κ2) is 6.34. The van der Waals surface area contributed by atoms with Gasteiger partial charge in [-0.1, -0.05) is 18.2 Å². The maximum absolute atomic E-state index is 11.2. The number of pyridine rings is 1. The van der Waals surface area contributed by atoms with Gasteiger partial charge in [0.2, 0.25) is 0 Å². The van der Waals surface area contributed by atoms with E-state index in [0.29, 0.717) is 5.52 Å². The maximum atomic E-state index is 11.2. The molecule has 5 heteroatoms. The lowest BCUT2D eigenvalue weighted by atomic mass is 10.1. The Morgan fingerprint density at radius 3 is 2.85 bits per heavy atom. The number of carboxylic acid groups (broad SMARTS) is 1. The molecule has 0 bridgehead atoms. The molecule has 0 spiro atoms. The molecule has 1 aromatic carbocycles. The maximum Gasteiger partial charge on any atom is 0.354 e. The Hall–Kier alpha value is -2.14. The third-order valence-electron chi connectivity index (χ3n) is 3.25. The molecule has 0 saturated carbocycles. The number of fused-ring (bicyclic) bond motifs is 1. The molecule has 0 aliphatic heterocycles. The minimum Gasteiger partial charge on any atom is -0.477 e. The fourth-order valence-corrected chi connectivity index (χ4v) is 2.20. The Morgan fingerprint density at radius 1 is 1.40 bits per heavy atom. The fourth-order valence-electron chi connectivity index (χ4n) is 2.20. The first-order valence-electron chi connectivity index (χ1n) is 6.62. The number of aromatic carboxylic acids is 1. The molecule has 0 radical (unpaired) electrons. The van der Waals surface area contributed by atoms with Gasteiger partial charge in [-0.15, -0.1) is 0 Å². The normalized spacial score (nSPS) is 10.7. The summed E-state index contributed by atoms with van der Waals surface area (Å²) in [5.41, 5.74) is 1.70. The highest BCUT2D eigenvalue weighted by molar-refractivity contribution is 5.97. The Bertz CT molecular complexity index is 613. The second-order valence-corrected chi connectivity index (χ2v) is 4.73. The van der Waals surface area contributed by atoms with Crippen molar-refractivity contribution >= 4 is 22.6 Å². The highest BCUT2D eigenvalue weighted by Gasteiger charge is 2.13. The van der Waals surface area contributed by atoms with Crippen LogP contribution in [-0.4, -0.2) is 43.2 Å². The molecule has 0 saturated heterocycles. The standard InChI is InChI=1S/C15H19N3O2/c1-16-8-5-9-18(2)14-10-13(15(19)20)17-12-7-4-3-6-11(12)14/h3-4,6-7,10,16H,5,8-9H2,1-2H3,(H,19,20). The molecule has 0 unspecified atom stereocenters. The highest BCUT2D eigenvalue weighted by Crippen LogP contribution is 2.26. The summed E-state index contributed by atoms with van der Waals surface area (Å²) < 4.78 is 0. The van der Waals surface area contributed by atoms with Crippen LogP contribution in [-0.2, 0) is 0 Å². The smallest absolute Gasteiger partial charge is 0.354 e. The van der Waals surface area contributed by atoms with Gasteiger partial charge < -0.3 is 15.3 Å². The lowest BCUT2D eigenvalue weighted by molar-refractivity contribution is 0.0691. The van der Waals surface area contributed by atoms with Crippen LogP contribution in [0.2, 0.25) is 0 Å². The summed E-state index contributed by atoms with van der Waals surface area (Å²) in [7, 11) is 3.90. The molecule has 2 N–H and O–H groups in total. The summed E-state index contributed by atoms with van der Waals surface area (Å²) in [6, 6.07) is 9.26. The average Bonchev–Trinajstić information content (AvgIpc) is 2.46. The fraction of sp³-hybridized carbons (Fsp3) is 0.333. The number of anilines is 1. The number of rotatable bonds is 6. The van der Waals surface area contributed by atoms with Crippen molar-refractivity contribution < 1.29 is 9.90 Å². The predicted octanol–water partition coefficient (Wildman–Crippen LogP) is 1.98. The largest absolute Gasteiger partial charge is 0.477 e. The van der Waals surface area contributed by atoms with E-state index in [1.807, 2.05) is 38.4 Å². The van der Waals surface area contributed by atoms with Crippen LogP contribution in [0.3, 0.4) is 0 Å². The Morgan fingerprint density at radius 2 is 2.15 bits per heavy atom. The third-order valence-corrected chi connectivity index (χ3v) is 3.25. The van der Waals surface area contributed by atoms with Crippen molar-refractivity contribution in [2.45, 2.75) is 6.42 Å². The first kappa shape index (κ1) is 14.3. The van der Waals surface area contributed by atoms with Crippen LogP contribution in [0.1, 0.15) is 16.9 Å². The van der Waals surface area contributed by atoms with Gasteiger partial charge in [-0.2, -0.15) is 0 Å². The molecular weight excluding hydrogens is 254 g/mol. The van der Waals surface area contributed by atoms with E-state index in [0.717, 1.165) is 30.6 Å². The zero-order valence-electron chi connectivity index (χ0n) is 11.8. The first-order valence-corrected chi connectivity index (χ1v) is 6.62. The quantitative estimate of drug-likeness (QED) is 0.788. The summed E-state index contributed by atoms with van der Waals surface area (Å²) in [4.78, 5) is 17.4. The monoisotopic (exact) mass is 273 g/mol. The number of carboxylic acids is 1. The van der Waals surface area contributed by atoms with E-state index in [9.17, 15) is 9.90 Å². The molecule has 106 valence electrons. The molecule has 2 rings (SSSR count). The molecule has 0 aliphatic carbocycles. The number of para-hydroxylation sites is 1. The zero-order chi connectivity index (χ0) is 14.5. The molecule has 0 fully saturated rings. The summed E-state index contributed by atoms with van der Waals surface area (Å²) >= 11 is 0. The zero-order valence-corrected chi connectivity index (χ0v) is 11.8. The van der Waals surface area contributed by atoms with Crippen LogP contribution in [0, 0.1) is 0 Å². The summed E-state index contributed by atoms with van der Waals surface area (Å²) in [5.74, 6) is -0.999. The van der Waals surface area contributed by atoms with Gasteiger partial charge in [0.15, 0.2) is 5.69 Å². The molecule has 20 heavy (non-hydrogen) atoms. The van der Waals surface area contributed by atoms with Gasteiger partial charge in [0.1, 0.15) is 0 Å². The lowest BCUT2D eigenvalue weighted by Gasteiger charge is -2.21. The SMILES string of the molecule is CNCCCN(C)c1cc(C(=O)O)nc2ccccc12. The number of nitrogens with one attached hydrogen (secondary N) is 1. The van der Waals surface area contributed by atoms with Gasteiger partial charge in [0.25, 0.3) is 0 Å². The van der Waals surface area contributed by atoms with Crippen molar-refractivity contribution in [3.8, 4) is 0 Å². The molecule has 1 aromatic heterocycles. The van der Waals surface area contributed by atoms with Gasteiger partial charge in [0.05, 0.1) is 5.52 Å². The molecule has 5 nitrogen and oxygen atoms in total. The second-order valence-electron chi connectivity index (χ2n) is 4.73. The van der Waals surface area contributed by atoms with E-state index in [-0.39, 0.29) is 5.69 Å². The topological polar surface area (TPSA) is 65.5 Å². The highest BCUT2D eigenvalue weighted by atomic mass is 16.4. The Labute approximate surface area is 118 Å². The molecule has 0 atom stereocenters. The minimum atomic E-state index is -0.999. The Kier molecular flexibility index (Phi) is 4.53. The van der Waals surface area contributed by atoms with Crippen molar-refractivity contribution in [3.05, 3.63) is 36.0 Å². The van der Waals surface area contributed by atoms with E-state index >= 15 is 0 Å². The van der Waals surface area contributed by atoms with Crippen molar-refractivity contribution in [2.24, 2.45) is 0 Å². The van der Waals surface area contributed by atoms with E-state index in [4.69, 9.17) is 0 Å². The average molecular weight is 273 g/mol. The number of aromatic nitrogens is 1. The number of hydrogen-bond donors (Lipinski definition) is 2. The minimum absolute atomic E-state index is 0.0826. The van der Waals surface area contributed by atoms with E-state index < -0.39 is 5.97 Å². The van der Waals surface area contributed by atoms with Crippen molar-refractivity contribution in [1.29, 1.82) is 0 Å². The van der Waals surface area contributed by atoms with Gasteiger partial charge in [-0.05, 0) is 32.1 Å². The molecule has 1 heterocycles. The molecule has 0 amide bonds. The number of hydrogen-bond acceptors (Lipinski definition) is 4. The van der Waals surface area contributed by atoms with E-state index in [1.165, 1.54) is 0 Å². The van der Waals surface area contributed by atoms with Gasteiger partial charge in [-0.25, -0.2) is 9.78 Å². The van der Waals surface area contributed by atoms with Crippen molar-refractivity contribution in [2.75, 3.05) is 32.1 Å². The van der Waals surface area contributed by atoms with Crippen LogP contribution in [0.25, 0.3) is 10.9 Å². The predicted molar refractivity (Wildman–Crippen MR) is 80.5 cm³/mol. The molecular formula is C15H19N3O2. The summed E-state index contributed by atoms with van der Waals surface area (Å²) in [6.07, 6.45) is 0.992. The first-order chi connectivity index (χ1) is 9.63. The number of benzene rings is 1. The molecule has 0 aliphatic rings. The van der Waals surface area contributed by atoms with Gasteiger partial charge in [0, 0.05) is 24.7 Å². The summed E-state index contributed by atoms with van der Waals surface area (Å²) in [5, 5.41) is 13.3. The van der Waals surface area contributed by atoms with Gasteiger partial charge in [-0.3, -0.25) is 0 Å². The molecule has 2 aromatic rings. The van der Waals surface area contributed by atoms with Crippen LogP contribution in [0.4, 0.5) is 5.69 Å². The Balaban J connectivity index is 2.41. The van der Waals surface area contributed by atoms with Crippen LogP contribution in [0.15, 0.2) is 30.3 Å². The summed E-state index contributed by atoms with van der Waals surface area (Å²) in [6.45, 7) is 1.78.